The maximum atomic E-state index is 13.4. The average Bonchev–Trinajstić information content (AvgIpc) is 3.13. The van der Waals surface area contributed by atoms with Gasteiger partial charge in [-0.2, -0.15) is 0 Å². The summed E-state index contributed by atoms with van der Waals surface area (Å²) < 4.78 is 2.00. The van der Waals surface area contributed by atoms with Gasteiger partial charge in [0, 0.05) is 24.8 Å². The number of hydrogen-bond donors (Lipinski definition) is 1. The van der Waals surface area contributed by atoms with Crippen molar-refractivity contribution in [1.82, 2.24) is 14.5 Å². The minimum atomic E-state index is -0.231. The first kappa shape index (κ1) is 19.7. The van der Waals surface area contributed by atoms with Gasteiger partial charge >= 0.3 is 0 Å². The number of benzene rings is 1. The monoisotopic (exact) mass is 394 g/mol. The number of aryl methyl sites for hydroxylation is 1. The van der Waals surface area contributed by atoms with E-state index in [0.717, 1.165) is 68.6 Å². The van der Waals surface area contributed by atoms with Crippen LogP contribution in [-0.4, -0.2) is 38.9 Å². The van der Waals surface area contributed by atoms with Crippen LogP contribution in [0.2, 0.25) is 0 Å². The van der Waals surface area contributed by atoms with E-state index in [2.05, 4.69) is 17.2 Å². The Labute approximate surface area is 172 Å². The summed E-state index contributed by atoms with van der Waals surface area (Å²) in [6.07, 6.45) is 7.04. The van der Waals surface area contributed by atoms with Gasteiger partial charge in [-0.05, 0) is 69.6 Å². The summed E-state index contributed by atoms with van der Waals surface area (Å²) >= 11 is 0. The van der Waals surface area contributed by atoms with Crippen molar-refractivity contribution >= 4 is 17.5 Å². The number of carbonyl (C=O) groups is 2. The SMILES string of the molecule is CCC1CCCCN1C(=O)c1nc(C(=O)Nc2cccc(C)c2)c2n1CCCC2. The Kier molecular flexibility index (Phi) is 5.69. The normalized spacial score (nSPS) is 19.0. The highest BCUT2D eigenvalue weighted by atomic mass is 16.2. The Morgan fingerprint density at radius 2 is 2.00 bits per heavy atom. The fraction of sp³-hybridized carbons (Fsp3) is 0.522. The molecule has 4 rings (SSSR count). The fourth-order valence-electron chi connectivity index (χ4n) is 4.62. The molecule has 0 radical (unpaired) electrons. The van der Waals surface area contributed by atoms with Crippen molar-refractivity contribution in [3.63, 3.8) is 0 Å². The number of likely N-dealkylation sites (tertiary alicyclic amines) is 1. The number of aromatic nitrogens is 2. The van der Waals surface area contributed by atoms with E-state index in [1.807, 2.05) is 40.7 Å². The summed E-state index contributed by atoms with van der Waals surface area (Å²) in [5, 5.41) is 2.96. The lowest BCUT2D eigenvalue weighted by atomic mass is 10.00. The summed E-state index contributed by atoms with van der Waals surface area (Å²) in [6.45, 7) is 5.67. The first-order valence-electron chi connectivity index (χ1n) is 10.9. The predicted octanol–water partition coefficient (Wildman–Crippen LogP) is 4.18. The van der Waals surface area contributed by atoms with E-state index in [-0.39, 0.29) is 17.9 Å². The molecule has 0 aliphatic carbocycles. The van der Waals surface area contributed by atoms with Gasteiger partial charge in [-0.25, -0.2) is 4.98 Å². The zero-order chi connectivity index (χ0) is 20.4. The number of hydrogen-bond acceptors (Lipinski definition) is 3. The zero-order valence-electron chi connectivity index (χ0n) is 17.4. The summed E-state index contributed by atoms with van der Waals surface area (Å²) in [5.41, 5.74) is 3.14. The van der Waals surface area contributed by atoms with Crippen LogP contribution in [0.25, 0.3) is 0 Å². The van der Waals surface area contributed by atoms with Gasteiger partial charge in [0.15, 0.2) is 11.5 Å². The molecular formula is C23H30N4O2. The maximum absolute atomic E-state index is 13.4. The summed E-state index contributed by atoms with van der Waals surface area (Å²) in [5.74, 6) is 0.190. The molecule has 154 valence electrons. The Morgan fingerprint density at radius 1 is 1.17 bits per heavy atom. The van der Waals surface area contributed by atoms with E-state index in [1.54, 1.807) is 0 Å². The van der Waals surface area contributed by atoms with Crippen LogP contribution in [0.4, 0.5) is 5.69 Å². The van der Waals surface area contributed by atoms with Gasteiger partial charge in [0.1, 0.15) is 0 Å². The largest absolute Gasteiger partial charge is 0.333 e. The molecule has 29 heavy (non-hydrogen) atoms. The number of nitrogens with one attached hydrogen (secondary N) is 1. The number of piperidine rings is 1. The van der Waals surface area contributed by atoms with Crippen molar-refractivity contribution in [2.24, 2.45) is 0 Å². The van der Waals surface area contributed by atoms with Crippen LogP contribution in [-0.2, 0) is 13.0 Å². The topological polar surface area (TPSA) is 67.2 Å². The second kappa shape index (κ2) is 8.39. The maximum Gasteiger partial charge on any atom is 0.290 e. The number of imidazole rings is 1. The van der Waals surface area contributed by atoms with Crippen LogP contribution in [0.5, 0.6) is 0 Å². The number of amides is 2. The van der Waals surface area contributed by atoms with Crippen LogP contribution in [0.3, 0.4) is 0 Å². The standard InChI is InChI=1S/C23H30N4O2/c1-3-18-11-4-6-13-26(18)23(29)21-25-20(19-12-5-7-14-27(19)21)22(28)24-17-10-8-9-16(2)15-17/h8-10,15,18H,3-7,11-14H2,1-2H3,(H,24,28). The number of fused-ring (bicyclic) bond motifs is 1. The highest BCUT2D eigenvalue weighted by Crippen LogP contribution is 2.26. The molecule has 1 atom stereocenters. The molecule has 1 aromatic heterocycles. The second-order valence-corrected chi connectivity index (χ2v) is 8.22. The molecule has 0 spiro atoms. The third kappa shape index (κ3) is 3.93. The Morgan fingerprint density at radius 3 is 2.79 bits per heavy atom. The van der Waals surface area contributed by atoms with Crippen molar-refractivity contribution in [2.75, 3.05) is 11.9 Å². The van der Waals surface area contributed by atoms with Gasteiger partial charge in [-0.1, -0.05) is 19.1 Å². The van der Waals surface area contributed by atoms with Crippen molar-refractivity contribution in [3.05, 3.63) is 47.0 Å². The average molecular weight is 395 g/mol. The molecule has 1 aromatic carbocycles. The first-order valence-corrected chi connectivity index (χ1v) is 10.9. The van der Waals surface area contributed by atoms with E-state index >= 15 is 0 Å². The summed E-state index contributed by atoms with van der Waals surface area (Å²) in [7, 11) is 0. The van der Waals surface area contributed by atoms with Crippen molar-refractivity contribution in [3.8, 4) is 0 Å². The minimum Gasteiger partial charge on any atom is -0.333 e. The van der Waals surface area contributed by atoms with Gasteiger partial charge < -0.3 is 14.8 Å². The van der Waals surface area contributed by atoms with Gasteiger partial charge in [-0.3, -0.25) is 9.59 Å². The molecule has 6 nitrogen and oxygen atoms in total. The Balaban J connectivity index is 1.65. The molecule has 2 aromatic rings. The molecule has 2 aliphatic rings. The van der Waals surface area contributed by atoms with Crippen molar-refractivity contribution in [2.45, 2.75) is 71.4 Å². The lowest BCUT2D eigenvalue weighted by Crippen LogP contribution is -2.44. The van der Waals surface area contributed by atoms with Gasteiger partial charge in [0.05, 0.1) is 5.69 Å². The third-order valence-electron chi connectivity index (χ3n) is 6.16. The smallest absolute Gasteiger partial charge is 0.290 e. The van der Waals surface area contributed by atoms with Crippen LogP contribution < -0.4 is 5.32 Å². The van der Waals surface area contributed by atoms with Crippen LogP contribution in [0.1, 0.15) is 77.8 Å². The zero-order valence-corrected chi connectivity index (χ0v) is 17.4. The highest BCUT2D eigenvalue weighted by Gasteiger charge is 2.33. The van der Waals surface area contributed by atoms with Gasteiger partial charge in [0.25, 0.3) is 11.8 Å². The molecule has 1 N–H and O–H groups in total. The van der Waals surface area contributed by atoms with E-state index in [1.165, 1.54) is 6.42 Å². The van der Waals surface area contributed by atoms with E-state index in [9.17, 15) is 9.59 Å². The van der Waals surface area contributed by atoms with Crippen LogP contribution >= 0.6 is 0 Å². The molecule has 6 heteroatoms. The molecular weight excluding hydrogens is 364 g/mol. The lowest BCUT2D eigenvalue weighted by molar-refractivity contribution is 0.0589. The number of rotatable bonds is 4. The van der Waals surface area contributed by atoms with Crippen LogP contribution in [0, 0.1) is 6.92 Å². The second-order valence-electron chi connectivity index (χ2n) is 8.22. The molecule has 0 bridgehead atoms. The minimum absolute atomic E-state index is 0.0192. The number of nitrogens with zero attached hydrogens (tertiary/aromatic N) is 3. The first-order chi connectivity index (χ1) is 14.1. The number of carbonyl (C=O) groups excluding carboxylic acids is 2. The van der Waals surface area contributed by atoms with Gasteiger partial charge in [-0.15, -0.1) is 0 Å². The quantitative estimate of drug-likeness (QED) is 0.846. The van der Waals surface area contributed by atoms with Crippen molar-refractivity contribution < 1.29 is 9.59 Å². The molecule has 1 saturated heterocycles. The van der Waals surface area contributed by atoms with E-state index in [0.29, 0.717) is 11.5 Å². The predicted molar refractivity (Wildman–Crippen MR) is 113 cm³/mol. The third-order valence-corrected chi connectivity index (χ3v) is 6.16. The molecule has 3 heterocycles. The summed E-state index contributed by atoms with van der Waals surface area (Å²) in [4.78, 5) is 33.0. The highest BCUT2D eigenvalue weighted by molar-refractivity contribution is 6.05. The van der Waals surface area contributed by atoms with E-state index < -0.39 is 0 Å². The van der Waals surface area contributed by atoms with Gasteiger partial charge in [0.2, 0.25) is 0 Å². The lowest BCUT2D eigenvalue weighted by Gasteiger charge is -2.35. The molecule has 2 aliphatic heterocycles. The molecule has 1 unspecified atom stereocenters. The molecule has 1 fully saturated rings. The molecule has 0 saturated carbocycles. The fourth-order valence-corrected chi connectivity index (χ4v) is 4.62. The number of anilines is 1. The van der Waals surface area contributed by atoms with Crippen LogP contribution in [0.15, 0.2) is 24.3 Å². The van der Waals surface area contributed by atoms with E-state index in [4.69, 9.17) is 0 Å². The van der Waals surface area contributed by atoms with Crippen molar-refractivity contribution in [1.29, 1.82) is 0 Å². The molecule has 2 amide bonds. The summed E-state index contributed by atoms with van der Waals surface area (Å²) in [6, 6.07) is 8.00. The Hall–Kier alpha value is -2.63. The Bertz CT molecular complexity index is 918.